The number of likely N-dealkylation sites (tertiary alicyclic amines) is 1. The Kier molecular flexibility index (Phi) is 10.9. The molecule has 6 rings (SSSR count). The van der Waals surface area contributed by atoms with Crippen LogP contribution in [-0.4, -0.2) is 67.6 Å². The van der Waals surface area contributed by atoms with Gasteiger partial charge in [0.25, 0.3) is 11.5 Å². The fourth-order valence-electron chi connectivity index (χ4n) is 5.03. The van der Waals surface area contributed by atoms with Gasteiger partial charge in [-0.1, -0.05) is 6.92 Å². The summed E-state index contributed by atoms with van der Waals surface area (Å²) in [7, 11) is 0. The molecular weight excluding hydrogens is 648 g/mol. The van der Waals surface area contributed by atoms with E-state index in [1.807, 2.05) is 11.8 Å². The second-order valence-corrected chi connectivity index (χ2v) is 10.2. The highest BCUT2D eigenvalue weighted by molar-refractivity contribution is 6.04. The van der Waals surface area contributed by atoms with Crippen molar-refractivity contribution < 1.29 is 22.7 Å². The number of ether oxygens (including phenoxy) is 1. The van der Waals surface area contributed by atoms with Gasteiger partial charge < -0.3 is 20.3 Å². The van der Waals surface area contributed by atoms with Crippen LogP contribution in [0.25, 0.3) is 16.7 Å². The first-order chi connectivity index (χ1) is 21.3. The number of amides is 1. The normalized spacial score (nSPS) is 16.3. The molecule has 0 bridgehead atoms. The molecule has 1 aliphatic rings. The fraction of sp³-hybridized carbons (Fsp3) is 0.233. The first-order valence-corrected chi connectivity index (χ1v) is 13.9. The zero-order chi connectivity index (χ0) is 30.8. The first-order valence-electron chi connectivity index (χ1n) is 13.9. The molecule has 0 saturated carbocycles. The number of fused-ring (bicyclic) bond motifs is 1. The fourth-order valence-corrected chi connectivity index (χ4v) is 5.03. The Labute approximate surface area is 273 Å². The third kappa shape index (κ3) is 7.09. The zero-order valence-corrected chi connectivity index (χ0v) is 25.9. The van der Waals surface area contributed by atoms with Gasteiger partial charge in [-0.15, -0.1) is 24.8 Å². The summed E-state index contributed by atoms with van der Waals surface area (Å²) in [5.41, 5.74) is -0.272. The molecule has 1 fully saturated rings. The van der Waals surface area contributed by atoms with Crippen LogP contribution in [0.4, 0.5) is 24.7 Å². The molecule has 16 heteroatoms. The molecule has 11 nitrogen and oxygen atoms in total. The zero-order valence-electron chi connectivity index (χ0n) is 24.2. The summed E-state index contributed by atoms with van der Waals surface area (Å²) < 4.78 is 50.2. The van der Waals surface area contributed by atoms with E-state index in [2.05, 4.69) is 30.9 Å². The van der Waals surface area contributed by atoms with Crippen molar-refractivity contribution in [2.45, 2.75) is 25.6 Å². The lowest BCUT2D eigenvalue weighted by atomic mass is 10.0. The number of halogens is 5. The molecule has 1 amide bonds. The Morgan fingerprint density at radius 2 is 1.85 bits per heavy atom. The summed E-state index contributed by atoms with van der Waals surface area (Å²) in [4.78, 5) is 32.1. The molecule has 242 valence electrons. The third-order valence-electron chi connectivity index (χ3n) is 7.39. The van der Waals surface area contributed by atoms with Gasteiger partial charge in [0, 0.05) is 43.3 Å². The largest absolute Gasteiger partial charge is 0.453 e. The van der Waals surface area contributed by atoms with Crippen LogP contribution in [0.1, 0.15) is 23.7 Å². The van der Waals surface area contributed by atoms with Gasteiger partial charge >= 0.3 is 0 Å². The number of carbonyl (C=O) groups is 1. The summed E-state index contributed by atoms with van der Waals surface area (Å²) >= 11 is 0. The van der Waals surface area contributed by atoms with Crippen LogP contribution in [-0.2, 0) is 0 Å². The number of anilines is 2. The second kappa shape index (κ2) is 14.6. The van der Waals surface area contributed by atoms with E-state index in [9.17, 15) is 18.4 Å². The first kappa shape index (κ1) is 34.2. The minimum absolute atomic E-state index is 0. The minimum atomic E-state index is -1.10. The lowest BCUT2D eigenvalue weighted by Gasteiger charge is -2.34. The monoisotopic (exact) mass is 676 g/mol. The predicted molar refractivity (Wildman–Crippen MR) is 172 cm³/mol. The molecular formula is C30H29Cl2F3N8O3. The van der Waals surface area contributed by atoms with E-state index in [0.717, 1.165) is 23.8 Å². The number of aromatic amines is 1. The predicted octanol–water partition coefficient (Wildman–Crippen LogP) is 5.51. The van der Waals surface area contributed by atoms with Gasteiger partial charge in [-0.25, -0.2) is 18.2 Å². The number of aromatic nitrogens is 5. The van der Waals surface area contributed by atoms with Crippen molar-refractivity contribution in [2.24, 2.45) is 0 Å². The lowest BCUT2D eigenvalue weighted by Crippen LogP contribution is -2.47. The van der Waals surface area contributed by atoms with Crippen LogP contribution < -0.4 is 20.9 Å². The molecule has 4 heterocycles. The van der Waals surface area contributed by atoms with Crippen molar-refractivity contribution in [3.8, 4) is 17.2 Å². The maximum absolute atomic E-state index is 15.2. The third-order valence-corrected chi connectivity index (χ3v) is 7.39. The van der Waals surface area contributed by atoms with Gasteiger partial charge in [-0.05, 0) is 55.4 Å². The van der Waals surface area contributed by atoms with E-state index >= 15 is 4.39 Å². The number of pyridine rings is 1. The maximum atomic E-state index is 15.2. The number of alkyl halides is 1. The molecule has 3 N–H and O–H groups in total. The van der Waals surface area contributed by atoms with Gasteiger partial charge in [-0.3, -0.25) is 14.7 Å². The SMILES string of the molecule is CCN1CC[C@H](Nc2n[nH]c3nccc(Oc4ccc(NC(=O)c5ccnn(-c6ccc(F)cc6)c5=O)cc4F)c23)[C@@H](F)C1.Cl.Cl. The number of hydrogen-bond acceptors (Lipinski definition) is 8. The van der Waals surface area contributed by atoms with E-state index in [1.165, 1.54) is 54.9 Å². The van der Waals surface area contributed by atoms with Gasteiger partial charge in [0.1, 0.15) is 28.7 Å². The average Bonchev–Trinajstić information content (AvgIpc) is 3.43. The van der Waals surface area contributed by atoms with E-state index in [4.69, 9.17) is 4.74 Å². The molecule has 2 aromatic carbocycles. The Balaban J connectivity index is 0.00000240. The number of hydrogen-bond donors (Lipinski definition) is 3. The summed E-state index contributed by atoms with van der Waals surface area (Å²) in [6.07, 6.45) is 2.21. The van der Waals surface area contributed by atoms with Gasteiger partial charge in [0.2, 0.25) is 0 Å². The number of H-pyrrole nitrogens is 1. The molecule has 0 spiro atoms. The highest BCUT2D eigenvalue weighted by Crippen LogP contribution is 2.35. The smallest absolute Gasteiger partial charge is 0.284 e. The van der Waals surface area contributed by atoms with Gasteiger partial charge in [-0.2, -0.15) is 14.9 Å². The number of piperidine rings is 1. The van der Waals surface area contributed by atoms with Crippen molar-refractivity contribution in [2.75, 3.05) is 30.3 Å². The molecule has 2 atom stereocenters. The van der Waals surface area contributed by atoms with Crippen LogP contribution in [0, 0.1) is 11.6 Å². The Morgan fingerprint density at radius 1 is 1.07 bits per heavy atom. The van der Waals surface area contributed by atoms with E-state index in [-0.39, 0.29) is 53.3 Å². The van der Waals surface area contributed by atoms with Crippen LogP contribution in [0.2, 0.25) is 0 Å². The maximum Gasteiger partial charge on any atom is 0.284 e. The number of nitrogens with one attached hydrogen (secondary N) is 3. The highest BCUT2D eigenvalue weighted by Gasteiger charge is 2.30. The number of rotatable bonds is 8. The summed E-state index contributed by atoms with van der Waals surface area (Å²) in [5, 5.41) is 17.1. The summed E-state index contributed by atoms with van der Waals surface area (Å²) in [6.45, 7) is 3.83. The van der Waals surface area contributed by atoms with Crippen molar-refractivity contribution in [1.29, 1.82) is 0 Å². The van der Waals surface area contributed by atoms with E-state index in [1.54, 1.807) is 6.07 Å². The molecule has 0 radical (unpaired) electrons. The Hall–Kier alpha value is -4.66. The van der Waals surface area contributed by atoms with Gasteiger partial charge in [0.15, 0.2) is 23.0 Å². The number of carbonyl (C=O) groups excluding carboxylic acids is 1. The van der Waals surface area contributed by atoms with Crippen molar-refractivity contribution in [3.63, 3.8) is 0 Å². The van der Waals surface area contributed by atoms with Gasteiger partial charge in [0.05, 0.1) is 11.7 Å². The lowest BCUT2D eigenvalue weighted by molar-refractivity contribution is 0.102. The van der Waals surface area contributed by atoms with Crippen LogP contribution >= 0.6 is 24.8 Å². The van der Waals surface area contributed by atoms with Crippen molar-refractivity contribution in [1.82, 2.24) is 29.9 Å². The van der Waals surface area contributed by atoms with E-state index < -0.39 is 35.3 Å². The van der Waals surface area contributed by atoms with Crippen LogP contribution in [0.15, 0.2) is 71.8 Å². The molecule has 46 heavy (non-hydrogen) atoms. The summed E-state index contributed by atoms with van der Waals surface area (Å²) in [5.74, 6) is -1.64. The number of benzene rings is 2. The molecule has 3 aromatic heterocycles. The molecule has 1 saturated heterocycles. The second-order valence-electron chi connectivity index (χ2n) is 10.2. The topological polar surface area (TPSA) is 130 Å². The number of nitrogens with zero attached hydrogens (tertiary/aromatic N) is 5. The Bertz CT molecular complexity index is 1890. The molecule has 0 unspecified atom stereocenters. The quantitative estimate of drug-likeness (QED) is 0.196. The standard InChI is InChI=1S/C30H27F3N8O3.2ClH/c1-2-40-14-11-23(22(33)16-40)37-28-26-25(10-12-34-27(26)38-39-28)44-24-8-5-18(15-21(24)32)36-29(42)20-9-13-35-41(30(20)43)19-6-3-17(31)4-7-19;;/h3-10,12-13,15,22-23H,2,11,14,16H2,1H3,(H,36,42)(H2,34,37,38,39);2*1H/t22-,23-;;/m0../s1. The van der Waals surface area contributed by atoms with Crippen molar-refractivity contribution in [3.05, 3.63) is 94.5 Å². The summed E-state index contributed by atoms with van der Waals surface area (Å²) in [6, 6.07) is 11.1. The highest BCUT2D eigenvalue weighted by atomic mass is 35.5. The molecule has 5 aromatic rings. The molecule has 1 aliphatic heterocycles. The Morgan fingerprint density at radius 3 is 2.57 bits per heavy atom. The average molecular weight is 678 g/mol. The van der Waals surface area contributed by atoms with Crippen LogP contribution in [0.3, 0.4) is 0 Å². The minimum Gasteiger partial charge on any atom is -0.453 e. The van der Waals surface area contributed by atoms with Crippen molar-refractivity contribution >= 4 is 53.3 Å². The molecule has 0 aliphatic carbocycles. The van der Waals surface area contributed by atoms with Crippen LogP contribution in [0.5, 0.6) is 11.5 Å². The van der Waals surface area contributed by atoms with E-state index in [0.29, 0.717) is 29.8 Å².